The van der Waals surface area contributed by atoms with E-state index in [1.54, 1.807) is 0 Å². The summed E-state index contributed by atoms with van der Waals surface area (Å²) in [5.74, 6) is 0. The Hall–Kier alpha value is -0.560. The van der Waals surface area contributed by atoms with Crippen LogP contribution in [0.1, 0.15) is 32.6 Å². The molecule has 0 aromatic heterocycles. The number of allylic oxidation sites excluding steroid dienone is 2. The molecule has 0 rings (SSSR count). The lowest BCUT2D eigenvalue weighted by atomic mass is 10.1. The SMILES string of the molecule is C=C/C(=C\CO)CCCCC. The highest BCUT2D eigenvalue weighted by Gasteiger charge is 1.90. The van der Waals surface area contributed by atoms with Gasteiger partial charge in [-0.1, -0.05) is 44.1 Å². The molecule has 1 heteroatoms. The molecule has 0 saturated heterocycles. The van der Waals surface area contributed by atoms with Crippen LogP contribution in [0, 0.1) is 0 Å². The van der Waals surface area contributed by atoms with Crippen LogP contribution in [0.3, 0.4) is 0 Å². The first-order valence-corrected chi connectivity index (χ1v) is 4.27. The molecule has 11 heavy (non-hydrogen) atoms. The van der Waals surface area contributed by atoms with E-state index in [1.165, 1.54) is 24.8 Å². The van der Waals surface area contributed by atoms with Crippen LogP contribution < -0.4 is 0 Å². The summed E-state index contributed by atoms with van der Waals surface area (Å²) < 4.78 is 0. The van der Waals surface area contributed by atoms with Crippen LogP contribution in [0.4, 0.5) is 0 Å². The molecule has 0 spiro atoms. The molecule has 0 heterocycles. The monoisotopic (exact) mass is 154 g/mol. The molecule has 0 unspecified atom stereocenters. The second-order valence-corrected chi connectivity index (χ2v) is 2.62. The number of hydrogen-bond acceptors (Lipinski definition) is 1. The normalized spacial score (nSPS) is 11.6. The molecule has 1 nitrogen and oxygen atoms in total. The lowest BCUT2D eigenvalue weighted by Crippen LogP contribution is -1.83. The van der Waals surface area contributed by atoms with Gasteiger partial charge in [-0.15, -0.1) is 0 Å². The van der Waals surface area contributed by atoms with E-state index in [-0.39, 0.29) is 6.61 Å². The molecule has 0 aliphatic rings. The minimum absolute atomic E-state index is 0.132. The van der Waals surface area contributed by atoms with E-state index >= 15 is 0 Å². The minimum Gasteiger partial charge on any atom is -0.392 e. The molecule has 64 valence electrons. The second kappa shape index (κ2) is 7.55. The Morgan fingerprint density at radius 2 is 2.18 bits per heavy atom. The van der Waals surface area contributed by atoms with Crippen molar-refractivity contribution in [2.75, 3.05) is 6.61 Å². The van der Waals surface area contributed by atoms with Crippen LogP contribution in [-0.2, 0) is 0 Å². The van der Waals surface area contributed by atoms with Crippen molar-refractivity contribution >= 4 is 0 Å². The van der Waals surface area contributed by atoms with Crippen molar-refractivity contribution in [2.24, 2.45) is 0 Å². The van der Waals surface area contributed by atoms with Gasteiger partial charge < -0.3 is 5.11 Å². The predicted octanol–water partition coefficient (Wildman–Crippen LogP) is 2.67. The zero-order valence-corrected chi connectivity index (χ0v) is 7.34. The van der Waals surface area contributed by atoms with Gasteiger partial charge in [0, 0.05) is 0 Å². The number of rotatable bonds is 6. The van der Waals surface area contributed by atoms with E-state index in [1.807, 2.05) is 12.2 Å². The van der Waals surface area contributed by atoms with Crippen molar-refractivity contribution in [3.05, 3.63) is 24.3 Å². The lowest BCUT2D eigenvalue weighted by molar-refractivity contribution is 0.341. The lowest BCUT2D eigenvalue weighted by Gasteiger charge is -1.99. The summed E-state index contributed by atoms with van der Waals surface area (Å²) in [6.45, 7) is 6.00. The summed E-state index contributed by atoms with van der Waals surface area (Å²) in [7, 11) is 0. The van der Waals surface area contributed by atoms with Crippen LogP contribution >= 0.6 is 0 Å². The van der Waals surface area contributed by atoms with Gasteiger partial charge in [-0.25, -0.2) is 0 Å². The van der Waals surface area contributed by atoms with Crippen molar-refractivity contribution < 1.29 is 5.11 Å². The van der Waals surface area contributed by atoms with Crippen LogP contribution in [0.5, 0.6) is 0 Å². The number of unbranched alkanes of at least 4 members (excludes halogenated alkanes) is 2. The second-order valence-electron chi connectivity index (χ2n) is 2.62. The van der Waals surface area contributed by atoms with E-state index in [0.29, 0.717) is 0 Å². The molecule has 0 atom stereocenters. The maximum atomic E-state index is 8.60. The average Bonchev–Trinajstić information content (AvgIpc) is 2.03. The third-order valence-electron chi connectivity index (χ3n) is 1.68. The Labute approximate surface area is 69.4 Å². The first kappa shape index (κ1) is 10.4. The largest absolute Gasteiger partial charge is 0.392 e. The fourth-order valence-corrected chi connectivity index (χ4v) is 0.984. The van der Waals surface area contributed by atoms with Crippen LogP contribution in [-0.4, -0.2) is 11.7 Å². The van der Waals surface area contributed by atoms with Crippen molar-refractivity contribution in [3.63, 3.8) is 0 Å². The van der Waals surface area contributed by atoms with E-state index < -0.39 is 0 Å². The quantitative estimate of drug-likeness (QED) is 0.460. The average molecular weight is 154 g/mol. The van der Waals surface area contributed by atoms with Crippen molar-refractivity contribution in [1.82, 2.24) is 0 Å². The molecule has 0 aromatic carbocycles. The Morgan fingerprint density at radius 3 is 2.64 bits per heavy atom. The van der Waals surface area contributed by atoms with Gasteiger partial charge in [-0.3, -0.25) is 0 Å². The summed E-state index contributed by atoms with van der Waals surface area (Å²) in [4.78, 5) is 0. The zero-order valence-electron chi connectivity index (χ0n) is 7.34. The number of hydrogen-bond donors (Lipinski definition) is 1. The Bertz CT molecular complexity index is 125. The van der Waals surface area contributed by atoms with E-state index in [9.17, 15) is 0 Å². The number of aliphatic hydroxyl groups excluding tert-OH is 1. The molecule has 0 amide bonds. The Balaban J connectivity index is 3.52. The molecule has 0 fully saturated rings. The molecule has 1 N–H and O–H groups in total. The molecular formula is C10H18O. The highest BCUT2D eigenvalue weighted by molar-refractivity contribution is 5.15. The van der Waals surface area contributed by atoms with Gasteiger partial charge in [0.1, 0.15) is 0 Å². The van der Waals surface area contributed by atoms with E-state index in [4.69, 9.17) is 5.11 Å². The van der Waals surface area contributed by atoms with Crippen molar-refractivity contribution in [3.8, 4) is 0 Å². The molecule has 0 aliphatic heterocycles. The molecule has 0 bridgehead atoms. The molecule has 0 aromatic rings. The van der Waals surface area contributed by atoms with Gasteiger partial charge >= 0.3 is 0 Å². The summed E-state index contributed by atoms with van der Waals surface area (Å²) >= 11 is 0. The van der Waals surface area contributed by atoms with E-state index in [0.717, 1.165) is 6.42 Å². The highest BCUT2D eigenvalue weighted by Crippen LogP contribution is 2.08. The first-order chi connectivity index (χ1) is 5.35. The van der Waals surface area contributed by atoms with Crippen molar-refractivity contribution in [2.45, 2.75) is 32.6 Å². The molecule has 0 saturated carbocycles. The highest BCUT2D eigenvalue weighted by atomic mass is 16.2. The fourth-order valence-electron chi connectivity index (χ4n) is 0.984. The summed E-state index contributed by atoms with van der Waals surface area (Å²) in [5, 5.41) is 8.60. The third-order valence-corrected chi connectivity index (χ3v) is 1.68. The maximum absolute atomic E-state index is 8.60. The van der Waals surface area contributed by atoms with Gasteiger partial charge in [0.25, 0.3) is 0 Å². The van der Waals surface area contributed by atoms with E-state index in [2.05, 4.69) is 13.5 Å². The third kappa shape index (κ3) is 5.86. The van der Waals surface area contributed by atoms with Crippen LogP contribution in [0.25, 0.3) is 0 Å². The maximum Gasteiger partial charge on any atom is 0.0618 e. The molecular weight excluding hydrogens is 136 g/mol. The van der Waals surface area contributed by atoms with Gasteiger partial charge in [-0.2, -0.15) is 0 Å². The van der Waals surface area contributed by atoms with Gasteiger partial charge in [0.05, 0.1) is 6.61 Å². The van der Waals surface area contributed by atoms with Gasteiger partial charge in [-0.05, 0) is 12.8 Å². The first-order valence-electron chi connectivity index (χ1n) is 4.27. The van der Waals surface area contributed by atoms with Crippen LogP contribution in [0.2, 0.25) is 0 Å². The summed E-state index contributed by atoms with van der Waals surface area (Å²) in [6.07, 6.45) is 8.40. The van der Waals surface area contributed by atoms with Crippen molar-refractivity contribution in [1.29, 1.82) is 0 Å². The topological polar surface area (TPSA) is 20.2 Å². The Morgan fingerprint density at radius 1 is 1.45 bits per heavy atom. The fraction of sp³-hybridized carbons (Fsp3) is 0.600. The smallest absolute Gasteiger partial charge is 0.0618 e. The molecule has 0 radical (unpaired) electrons. The minimum atomic E-state index is 0.132. The summed E-state index contributed by atoms with van der Waals surface area (Å²) in [6, 6.07) is 0. The molecule has 0 aliphatic carbocycles. The predicted molar refractivity (Wildman–Crippen MR) is 49.5 cm³/mol. The van der Waals surface area contributed by atoms with Gasteiger partial charge in [0.15, 0.2) is 0 Å². The van der Waals surface area contributed by atoms with Crippen LogP contribution in [0.15, 0.2) is 24.3 Å². The summed E-state index contributed by atoms with van der Waals surface area (Å²) in [5.41, 5.74) is 1.17. The Kier molecular flexibility index (Phi) is 7.16. The van der Waals surface area contributed by atoms with Gasteiger partial charge in [0.2, 0.25) is 0 Å². The zero-order chi connectivity index (χ0) is 8.53. The number of aliphatic hydroxyl groups is 1. The standard InChI is InChI=1S/C10H18O/c1-3-5-6-7-10(4-2)8-9-11/h4,8,11H,2-3,5-7,9H2,1H3/b10-8+.